The van der Waals surface area contributed by atoms with E-state index < -0.39 is 6.10 Å². The van der Waals surface area contributed by atoms with Crippen molar-refractivity contribution < 1.29 is 9.84 Å². The van der Waals surface area contributed by atoms with Crippen LogP contribution in [0.15, 0.2) is 30.3 Å². The van der Waals surface area contributed by atoms with E-state index >= 15 is 0 Å². The Kier molecular flexibility index (Phi) is 8.09. The number of benzene rings is 1. The van der Waals surface area contributed by atoms with Gasteiger partial charge in [-0.2, -0.15) is 11.8 Å². The zero-order valence-electron chi connectivity index (χ0n) is 11.1. The summed E-state index contributed by atoms with van der Waals surface area (Å²) in [6.45, 7) is 3.88. The molecule has 2 N–H and O–H groups in total. The van der Waals surface area contributed by atoms with E-state index in [9.17, 15) is 5.11 Å². The van der Waals surface area contributed by atoms with E-state index in [0.29, 0.717) is 13.2 Å². The molecule has 18 heavy (non-hydrogen) atoms. The predicted molar refractivity (Wildman–Crippen MR) is 78.1 cm³/mol. The molecule has 0 radical (unpaired) electrons. The van der Waals surface area contributed by atoms with Crippen LogP contribution >= 0.6 is 11.8 Å². The van der Waals surface area contributed by atoms with Crippen LogP contribution in [0, 0.1) is 0 Å². The Balaban J connectivity index is 2.16. The van der Waals surface area contributed by atoms with Crippen molar-refractivity contribution in [2.75, 3.05) is 31.7 Å². The summed E-state index contributed by atoms with van der Waals surface area (Å²) in [7, 11) is 0. The van der Waals surface area contributed by atoms with Crippen molar-refractivity contribution in [1.82, 2.24) is 5.32 Å². The maximum atomic E-state index is 9.75. The minimum absolute atomic E-state index is 0.0204. The molecule has 1 rings (SSSR count). The van der Waals surface area contributed by atoms with Gasteiger partial charge in [-0.3, -0.25) is 0 Å². The summed E-state index contributed by atoms with van der Waals surface area (Å²) in [6, 6.07) is 10.0. The largest absolute Gasteiger partial charge is 0.389 e. The molecule has 0 bridgehead atoms. The molecule has 2 atom stereocenters. The Morgan fingerprint density at radius 3 is 2.72 bits per heavy atom. The highest BCUT2D eigenvalue weighted by molar-refractivity contribution is 7.98. The Morgan fingerprint density at radius 1 is 1.33 bits per heavy atom. The molecule has 0 saturated carbocycles. The molecule has 0 spiro atoms. The van der Waals surface area contributed by atoms with E-state index in [1.165, 1.54) is 0 Å². The molecule has 3 nitrogen and oxygen atoms in total. The number of ether oxygens (including phenoxy) is 1. The second kappa shape index (κ2) is 9.39. The van der Waals surface area contributed by atoms with Crippen molar-refractivity contribution in [2.45, 2.75) is 19.1 Å². The third kappa shape index (κ3) is 6.40. The molecule has 0 saturated heterocycles. The van der Waals surface area contributed by atoms with E-state index in [0.717, 1.165) is 17.9 Å². The molecule has 1 aromatic carbocycles. The Morgan fingerprint density at radius 2 is 2.06 bits per heavy atom. The van der Waals surface area contributed by atoms with Gasteiger partial charge in [0.1, 0.15) is 0 Å². The zero-order chi connectivity index (χ0) is 13.2. The minimum atomic E-state index is -0.446. The fraction of sp³-hybridized carbons (Fsp3) is 0.571. The van der Waals surface area contributed by atoms with Crippen LogP contribution in [-0.2, 0) is 4.74 Å². The van der Waals surface area contributed by atoms with Gasteiger partial charge in [-0.1, -0.05) is 30.3 Å². The van der Waals surface area contributed by atoms with Crippen LogP contribution in [-0.4, -0.2) is 42.9 Å². The van der Waals surface area contributed by atoms with Crippen LogP contribution in [0.5, 0.6) is 0 Å². The van der Waals surface area contributed by atoms with Gasteiger partial charge in [-0.25, -0.2) is 0 Å². The molecule has 102 valence electrons. The van der Waals surface area contributed by atoms with Gasteiger partial charge in [-0.15, -0.1) is 0 Å². The number of nitrogens with one attached hydrogen (secondary N) is 1. The number of aliphatic hydroxyl groups is 1. The number of rotatable bonds is 9. The highest BCUT2D eigenvalue weighted by atomic mass is 32.2. The van der Waals surface area contributed by atoms with Crippen molar-refractivity contribution in [1.29, 1.82) is 0 Å². The first-order chi connectivity index (χ1) is 8.74. The average molecular weight is 269 g/mol. The Labute approximate surface area is 114 Å². The van der Waals surface area contributed by atoms with Crippen LogP contribution < -0.4 is 5.32 Å². The van der Waals surface area contributed by atoms with Crippen LogP contribution in [0.4, 0.5) is 0 Å². The monoisotopic (exact) mass is 269 g/mol. The van der Waals surface area contributed by atoms with Crippen LogP contribution in [0.3, 0.4) is 0 Å². The summed E-state index contributed by atoms with van der Waals surface area (Å²) < 4.78 is 5.65. The second-order valence-corrected chi connectivity index (χ2v) is 5.22. The summed E-state index contributed by atoms with van der Waals surface area (Å²) in [5.74, 6) is 1.06. The fourth-order valence-electron chi connectivity index (χ4n) is 1.58. The van der Waals surface area contributed by atoms with Crippen molar-refractivity contribution in [3.05, 3.63) is 35.9 Å². The highest BCUT2D eigenvalue weighted by Gasteiger charge is 2.09. The normalized spacial score (nSPS) is 14.4. The third-order valence-electron chi connectivity index (χ3n) is 2.67. The quantitative estimate of drug-likeness (QED) is 0.674. The van der Waals surface area contributed by atoms with E-state index in [4.69, 9.17) is 4.74 Å². The first-order valence-electron chi connectivity index (χ1n) is 6.28. The molecule has 1 aromatic rings. The zero-order valence-corrected chi connectivity index (χ0v) is 12.0. The van der Waals surface area contributed by atoms with Crippen LogP contribution in [0.1, 0.15) is 18.6 Å². The topological polar surface area (TPSA) is 41.5 Å². The minimum Gasteiger partial charge on any atom is -0.389 e. The van der Waals surface area contributed by atoms with E-state index in [1.54, 1.807) is 11.8 Å². The van der Waals surface area contributed by atoms with Gasteiger partial charge in [0.2, 0.25) is 0 Å². The van der Waals surface area contributed by atoms with Gasteiger partial charge in [0.15, 0.2) is 0 Å². The third-order valence-corrected chi connectivity index (χ3v) is 3.28. The lowest BCUT2D eigenvalue weighted by atomic mass is 10.1. The molecule has 0 aliphatic carbocycles. The predicted octanol–water partition coefficient (Wildman–Crippen LogP) is 2.08. The number of hydrogen-bond donors (Lipinski definition) is 2. The van der Waals surface area contributed by atoms with Crippen LogP contribution in [0.25, 0.3) is 0 Å². The summed E-state index contributed by atoms with van der Waals surface area (Å²) in [5, 5.41) is 12.9. The first-order valence-corrected chi connectivity index (χ1v) is 7.67. The van der Waals surface area contributed by atoms with Gasteiger partial charge < -0.3 is 15.2 Å². The Hall–Kier alpha value is -0.550. The molecular weight excluding hydrogens is 246 g/mol. The number of aliphatic hydroxyl groups excluding tert-OH is 1. The lowest BCUT2D eigenvalue weighted by Gasteiger charge is -2.17. The molecule has 0 aliphatic heterocycles. The maximum Gasteiger partial charge on any atom is 0.0897 e. The lowest BCUT2D eigenvalue weighted by molar-refractivity contribution is -0.00181. The first kappa shape index (κ1) is 15.5. The number of hydrogen-bond acceptors (Lipinski definition) is 4. The average Bonchev–Trinajstić information content (AvgIpc) is 2.42. The lowest BCUT2D eigenvalue weighted by Crippen LogP contribution is -2.32. The van der Waals surface area contributed by atoms with Gasteiger partial charge >= 0.3 is 0 Å². The van der Waals surface area contributed by atoms with Gasteiger partial charge in [0.25, 0.3) is 0 Å². The van der Waals surface area contributed by atoms with E-state index in [-0.39, 0.29) is 6.10 Å². The maximum absolute atomic E-state index is 9.75. The summed E-state index contributed by atoms with van der Waals surface area (Å²) >= 11 is 1.79. The van der Waals surface area contributed by atoms with Gasteiger partial charge in [0.05, 0.1) is 18.8 Å². The smallest absolute Gasteiger partial charge is 0.0897 e. The summed E-state index contributed by atoms with van der Waals surface area (Å²) in [5.41, 5.74) is 1.14. The molecule has 0 fully saturated rings. The highest BCUT2D eigenvalue weighted by Crippen LogP contribution is 2.15. The molecule has 0 aliphatic rings. The summed E-state index contributed by atoms with van der Waals surface area (Å²) in [4.78, 5) is 0. The van der Waals surface area contributed by atoms with Crippen molar-refractivity contribution in [3.8, 4) is 0 Å². The molecular formula is C14H23NO2S. The van der Waals surface area contributed by atoms with Crippen molar-refractivity contribution >= 4 is 11.8 Å². The summed E-state index contributed by atoms with van der Waals surface area (Å²) in [6.07, 6.45) is 1.65. The van der Waals surface area contributed by atoms with Crippen LogP contribution in [0.2, 0.25) is 0 Å². The van der Waals surface area contributed by atoms with E-state index in [1.807, 2.05) is 37.3 Å². The van der Waals surface area contributed by atoms with E-state index in [2.05, 4.69) is 11.6 Å². The fourth-order valence-corrected chi connectivity index (χ4v) is 1.93. The molecule has 0 heterocycles. The molecule has 4 heteroatoms. The second-order valence-electron chi connectivity index (χ2n) is 4.24. The Bertz CT molecular complexity index is 308. The standard InChI is InChI=1S/C14H23NO2S/c1-12(13-6-4-3-5-7-13)17-11-14(16)10-15-8-9-18-2/h3-7,12,14-16H,8-11H2,1-2H3. The number of thioether (sulfide) groups is 1. The molecule has 0 amide bonds. The molecule has 0 aromatic heterocycles. The SMILES string of the molecule is CSCCNCC(O)COC(C)c1ccccc1. The molecule has 2 unspecified atom stereocenters. The van der Waals surface area contributed by atoms with Gasteiger partial charge in [-0.05, 0) is 18.7 Å². The van der Waals surface area contributed by atoms with Crippen molar-refractivity contribution in [2.24, 2.45) is 0 Å². The van der Waals surface area contributed by atoms with Gasteiger partial charge in [0, 0.05) is 18.8 Å². The van der Waals surface area contributed by atoms with Crippen molar-refractivity contribution in [3.63, 3.8) is 0 Å².